The smallest absolute Gasteiger partial charge is 0.275 e. The van der Waals surface area contributed by atoms with Crippen LogP contribution in [0, 0.1) is 0 Å². The highest BCUT2D eigenvalue weighted by atomic mass is 35.5. The lowest BCUT2D eigenvalue weighted by atomic mass is 9.95. The molecule has 0 radical (unpaired) electrons. The van der Waals surface area contributed by atoms with Gasteiger partial charge in [-0.1, -0.05) is 35.3 Å². The minimum Gasteiger partial charge on any atom is -0.496 e. The van der Waals surface area contributed by atoms with Gasteiger partial charge in [0.2, 0.25) is 5.91 Å². The molecule has 252 valence electrons. The van der Waals surface area contributed by atoms with E-state index in [2.05, 4.69) is 5.32 Å². The van der Waals surface area contributed by atoms with Crippen LogP contribution in [-0.2, 0) is 20.9 Å². The van der Waals surface area contributed by atoms with Crippen molar-refractivity contribution in [1.29, 1.82) is 0 Å². The van der Waals surface area contributed by atoms with Crippen LogP contribution in [0.5, 0.6) is 11.5 Å². The topological polar surface area (TPSA) is 130 Å². The molecule has 3 heterocycles. The minimum absolute atomic E-state index is 0.113. The number of hydrogen-bond donors (Lipinski definition) is 2. The lowest BCUT2D eigenvalue weighted by Crippen LogP contribution is -2.55. The summed E-state index contributed by atoms with van der Waals surface area (Å²) in [6.07, 6.45) is 0.201. The molecule has 1 fully saturated rings. The summed E-state index contributed by atoms with van der Waals surface area (Å²) in [6.45, 7) is 6.42. The fraction of sp³-hybridized carbons (Fsp3) is 0.343. The summed E-state index contributed by atoms with van der Waals surface area (Å²) < 4.78 is 24.8. The molecule has 1 aromatic heterocycles. The van der Waals surface area contributed by atoms with Gasteiger partial charge in [-0.05, 0) is 55.8 Å². The third-order valence-corrected chi connectivity index (χ3v) is 8.73. The lowest BCUT2D eigenvalue weighted by Gasteiger charge is -2.41. The number of rotatable bonds is 10. The van der Waals surface area contributed by atoms with Gasteiger partial charge in [0.1, 0.15) is 18.1 Å². The van der Waals surface area contributed by atoms with E-state index < -0.39 is 5.54 Å². The molecule has 11 nitrogen and oxygen atoms in total. The van der Waals surface area contributed by atoms with Gasteiger partial charge in [-0.15, -0.1) is 0 Å². The number of methoxy groups -OCH3 is 1. The predicted octanol–water partition coefficient (Wildman–Crippen LogP) is 5.97. The van der Waals surface area contributed by atoms with E-state index >= 15 is 0 Å². The molecule has 13 heteroatoms. The number of morpholine rings is 1. The summed E-state index contributed by atoms with van der Waals surface area (Å²) in [4.78, 5) is 28.6. The largest absolute Gasteiger partial charge is 0.496 e. The van der Waals surface area contributed by atoms with Gasteiger partial charge in [0.25, 0.3) is 5.91 Å². The van der Waals surface area contributed by atoms with Crippen LogP contribution >= 0.6 is 23.2 Å². The van der Waals surface area contributed by atoms with Crippen molar-refractivity contribution in [1.82, 2.24) is 14.7 Å². The highest BCUT2D eigenvalue weighted by Gasteiger charge is 2.39. The molecule has 2 aliphatic rings. The van der Waals surface area contributed by atoms with Gasteiger partial charge >= 0.3 is 0 Å². The number of carbonyl (C=O) groups excluding carboxylic acids is 2. The Morgan fingerprint density at radius 3 is 2.58 bits per heavy atom. The zero-order valence-corrected chi connectivity index (χ0v) is 28.5. The molecule has 0 saturated carbocycles. The second-order valence-electron chi connectivity index (χ2n) is 12.2. The summed E-state index contributed by atoms with van der Waals surface area (Å²) in [5.41, 5.74) is 9.96. The van der Waals surface area contributed by atoms with Gasteiger partial charge in [-0.25, -0.2) is 4.68 Å². The van der Waals surface area contributed by atoms with Gasteiger partial charge in [0.15, 0.2) is 5.69 Å². The molecule has 48 heavy (non-hydrogen) atoms. The van der Waals surface area contributed by atoms with Gasteiger partial charge in [-0.2, -0.15) is 5.10 Å². The number of carbonyl (C=O) groups is 2. The molecule has 1 saturated heterocycles. The summed E-state index contributed by atoms with van der Waals surface area (Å²) in [5.74, 6) is 0.734. The number of nitrogens with one attached hydrogen (secondary N) is 1. The predicted molar refractivity (Wildman–Crippen MR) is 184 cm³/mol. The number of aromatic nitrogens is 2. The number of nitrogens with two attached hydrogens (primary N) is 1. The van der Waals surface area contributed by atoms with E-state index in [-0.39, 0.29) is 37.1 Å². The third kappa shape index (κ3) is 6.87. The van der Waals surface area contributed by atoms with E-state index in [9.17, 15) is 9.59 Å². The molecule has 0 atom stereocenters. The maximum atomic E-state index is 14.2. The molecular weight excluding hydrogens is 657 g/mol. The first-order chi connectivity index (χ1) is 23.1. The van der Waals surface area contributed by atoms with E-state index in [0.29, 0.717) is 82.7 Å². The lowest BCUT2D eigenvalue weighted by molar-refractivity contribution is -0.117. The molecule has 3 aromatic carbocycles. The van der Waals surface area contributed by atoms with Crippen molar-refractivity contribution in [2.45, 2.75) is 32.4 Å². The normalized spacial score (nSPS) is 14.9. The van der Waals surface area contributed by atoms with Crippen LogP contribution in [0.2, 0.25) is 10.0 Å². The second-order valence-corrected chi connectivity index (χ2v) is 13.0. The van der Waals surface area contributed by atoms with Gasteiger partial charge < -0.3 is 34.9 Å². The minimum atomic E-state index is -0.531. The first-order valence-corrected chi connectivity index (χ1v) is 16.4. The van der Waals surface area contributed by atoms with Crippen LogP contribution in [0.4, 0.5) is 5.69 Å². The number of nitrogens with zero attached hydrogens (tertiary/aromatic N) is 3. The maximum absolute atomic E-state index is 14.2. The number of halogens is 2. The summed E-state index contributed by atoms with van der Waals surface area (Å²) in [6, 6.07) is 16.4. The third-order valence-electron chi connectivity index (χ3n) is 8.29. The van der Waals surface area contributed by atoms with Gasteiger partial charge in [0, 0.05) is 51.6 Å². The van der Waals surface area contributed by atoms with Gasteiger partial charge in [-0.3, -0.25) is 9.59 Å². The fourth-order valence-electron chi connectivity index (χ4n) is 5.99. The fourth-order valence-corrected chi connectivity index (χ4v) is 6.51. The standard InChI is InChI=1S/C35H37Cl2N5O6/c1-35(2)20-47-12-9-41(35)34(44)32-28-19-48-30-18-29(45-3)26(21-5-4-6-24(13-21)39-31(43)7-10-46-11-8-38)17-27(30)33(28)42(40-32)25-15-22(36)14-23(37)16-25/h4-6,13-18H,7-12,19-20,38H2,1-3H3,(H,39,43). The number of anilines is 1. The van der Waals surface area contributed by atoms with Crippen LogP contribution in [0.15, 0.2) is 54.6 Å². The van der Waals surface area contributed by atoms with E-state index in [1.807, 2.05) is 50.2 Å². The van der Waals surface area contributed by atoms with Crippen molar-refractivity contribution >= 4 is 40.7 Å². The molecule has 2 amide bonds. The SMILES string of the molecule is COc1cc2c(cc1-c1cccc(NC(=O)CCOCCN)c1)-c1c(c(C(=O)N3CCOCC3(C)C)nn1-c1cc(Cl)cc(Cl)c1)CO2. The zero-order valence-electron chi connectivity index (χ0n) is 27.0. The van der Waals surface area contributed by atoms with Crippen LogP contribution in [0.3, 0.4) is 0 Å². The Bertz CT molecular complexity index is 1840. The summed E-state index contributed by atoms with van der Waals surface area (Å²) >= 11 is 12.9. The van der Waals surface area contributed by atoms with Crippen molar-refractivity contribution in [2.24, 2.45) is 5.73 Å². The highest BCUT2D eigenvalue weighted by molar-refractivity contribution is 6.34. The van der Waals surface area contributed by atoms with Crippen LogP contribution < -0.4 is 20.5 Å². The second kappa shape index (κ2) is 14.2. The van der Waals surface area contributed by atoms with Crippen molar-refractivity contribution in [3.63, 3.8) is 0 Å². The van der Waals surface area contributed by atoms with Crippen LogP contribution in [-0.4, -0.2) is 78.7 Å². The molecule has 0 spiro atoms. The molecular formula is C35H37Cl2N5O6. The van der Waals surface area contributed by atoms with Crippen molar-refractivity contribution in [3.05, 3.63) is 75.9 Å². The highest BCUT2D eigenvalue weighted by Crippen LogP contribution is 2.47. The Labute approximate surface area is 288 Å². The monoisotopic (exact) mass is 693 g/mol. The summed E-state index contributed by atoms with van der Waals surface area (Å²) in [5, 5.41) is 8.69. The van der Waals surface area contributed by atoms with E-state index in [1.54, 1.807) is 34.9 Å². The average Bonchev–Trinajstić information content (AvgIpc) is 3.46. The van der Waals surface area contributed by atoms with Crippen molar-refractivity contribution in [3.8, 4) is 39.6 Å². The van der Waals surface area contributed by atoms with Crippen LogP contribution in [0.1, 0.15) is 36.3 Å². The molecule has 6 rings (SSSR count). The van der Waals surface area contributed by atoms with Gasteiger partial charge in [0.05, 0.1) is 56.9 Å². The number of amides is 2. The van der Waals surface area contributed by atoms with E-state index in [1.165, 1.54) is 0 Å². The molecule has 2 aliphatic heterocycles. The average molecular weight is 695 g/mol. The molecule has 3 N–H and O–H groups in total. The van der Waals surface area contributed by atoms with E-state index in [0.717, 1.165) is 11.1 Å². The number of ether oxygens (including phenoxy) is 4. The number of hydrogen-bond acceptors (Lipinski definition) is 8. The first kappa shape index (κ1) is 33.8. The molecule has 0 bridgehead atoms. The Morgan fingerprint density at radius 1 is 1.06 bits per heavy atom. The van der Waals surface area contributed by atoms with Crippen molar-refractivity contribution < 1.29 is 28.5 Å². The number of benzene rings is 3. The Hall–Kier alpha value is -4.13. The quantitative estimate of drug-likeness (QED) is 0.194. The molecule has 0 aliphatic carbocycles. The Morgan fingerprint density at radius 2 is 1.85 bits per heavy atom. The zero-order chi connectivity index (χ0) is 34.0. The Kier molecular flexibility index (Phi) is 9.95. The molecule has 4 aromatic rings. The van der Waals surface area contributed by atoms with Crippen LogP contribution in [0.25, 0.3) is 28.1 Å². The molecule has 0 unspecified atom stereocenters. The van der Waals surface area contributed by atoms with Crippen molar-refractivity contribution in [2.75, 3.05) is 51.9 Å². The first-order valence-electron chi connectivity index (χ1n) is 15.6. The Balaban J connectivity index is 1.45. The van der Waals surface area contributed by atoms with E-state index in [4.69, 9.17) is 53.0 Å². The maximum Gasteiger partial charge on any atom is 0.275 e. The number of fused-ring (bicyclic) bond motifs is 3. The summed E-state index contributed by atoms with van der Waals surface area (Å²) in [7, 11) is 1.59.